The van der Waals surface area contributed by atoms with E-state index in [0.29, 0.717) is 13.0 Å². The van der Waals surface area contributed by atoms with Crippen LogP contribution in [0, 0.1) is 0 Å². The van der Waals surface area contributed by atoms with E-state index in [1.807, 2.05) is 29.2 Å². The molecule has 5 nitrogen and oxygen atoms in total. The molecule has 24 heavy (non-hydrogen) atoms. The Labute approximate surface area is 149 Å². The Kier molecular flexibility index (Phi) is 7.06. The highest BCUT2D eigenvalue weighted by molar-refractivity contribution is 5.95. The van der Waals surface area contributed by atoms with Crippen molar-refractivity contribution in [3.05, 3.63) is 29.8 Å². The normalized spacial score (nSPS) is 21.1. The quantitative estimate of drug-likeness (QED) is 0.876. The van der Waals surface area contributed by atoms with Crippen molar-refractivity contribution >= 4 is 29.9 Å². The maximum absolute atomic E-state index is 12.3. The van der Waals surface area contributed by atoms with Crippen molar-refractivity contribution in [1.29, 1.82) is 0 Å². The predicted molar refractivity (Wildman–Crippen MR) is 97.2 cm³/mol. The summed E-state index contributed by atoms with van der Waals surface area (Å²) in [6, 6.07) is 7.74. The van der Waals surface area contributed by atoms with Crippen molar-refractivity contribution in [3.8, 4) is 0 Å². The zero-order chi connectivity index (χ0) is 16.1. The molecule has 0 aliphatic carbocycles. The third kappa shape index (κ3) is 4.95. The Balaban J connectivity index is 0.00000208. The summed E-state index contributed by atoms with van der Waals surface area (Å²) in [6.45, 7) is 2.38. The molecule has 2 saturated heterocycles. The molecule has 2 heterocycles. The lowest BCUT2D eigenvalue weighted by Gasteiger charge is -2.27. The van der Waals surface area contributed by atoms with Gasteiger partial charge in [0.25, 0.3) is 0 Å². The highest BCUT2D eigenvalue weighted by Crippen LogP contribution is 2.18. The Morgan fingerprint density at radius 3 is 2.88 bits per heavy atom. The van der Waals surface area contributed by atoms with E-state index in [1.165, 1.54) is 0 Å². The second-order valence-electron chi connectivity index (χ2n) is 6.46. The number of nitrogens with zero attached hydrogens (tertiary/aromatic N) is 1. The van der Waals surface area contributed by atoms with Gasteiger partial charge in [-0.3, -0.25) is 9.59 Å². The number of hydrogen-bond acceptors (Lipinski definition) is 3. The molecule has 0 saturated carbocycles. The number of likely N-dealkylation sites (tertiary alicyclic amines) is 1. The van der Waals surface area contributed by atoms with Gasteiger partial charge in [0.05, 0.1) is 6.04 Å². The fourth-order valence-corrected chi connectivity index (χ4v) is 3.30. The molecule has 0 radical (unpaired) electrons. The Morgan fingerprint density at radius 2 is 2.12 bits per heavy atom. The molecule has 2 aliphatic heterocycles. The zero-order valence-electron chi connectivity index (χ0n) is 13.9. The first-order valence-electron chi connectivity index (χ1n) is 8.63. The van der Waals surface area contributed by atoms with Gasteiger partial charge in [-0.1, -0.05) is 18.6 Å². The summed E-state index contributed by atoms with van der Waals surface area (Å²) >= 11 is 0. The average molecular weight is 352 g/mol. The molecular weight excluding hydrogens is 326 g/mol. The summed E-state index contributed by atoms with van der Waals surface area (Å²) in [5.74, 6) is 0.271. The molecule has 2 amide bonds. The van der Waals surface area contributed by atoms with Crippen LogP contribution in [0.2, 0.25) is 0 Å². The fourth-order valence-electron chi connectivity index (χ4n) is 3.30. The van der Waals surface area contributed by atoms with E-state index in [1.54, 1.807) is 0 Å². The monoisotopic (exact) mass is 351 g/mol. The van der Waals surface area contributed by atoms with Crippen LogP contribution in [0.4, 0.5) is 5.69 Å². The van der Waals surface area contributed by atoms with E-state index >= 15 is 0 Å². The highest BCUT2D eigenvalue weighted by atomic mass is 35.5. The van der Waals surface area contributed by atoms with Crippen molar-refractivity contribution in [2.24, 2.45) is 0 Å². The van der Waals surface area contributed by atoms with Gasteiger partial charge < -0.3 is 15.5 Å². The lowest BCUT2D eigenvalue weighted by Crippen LogP contribution is -2.43. The molecule has 3 rings (SSSR count). The van der Waals surface area contributed by atoms with Gasteiger partial charge in [0.2, 0.25) is 11.8 Å². The van der Waals surface area contributed by atoms with E-state index in [4.69, 9.17) is 0 Å². The standard InChI is InChI=1S/C18H25N3O2.ClH/c22-17-9-2-4-11-21(17)13-14-6-5-7-15(12-14)20-18(23)16-8-1-3-10-19-16;/h5-7,12,16,19H,1-4,8-11,13H2,(H,20,23);1H. The SMILES string of the molecule is Cl.O=C(Nc1cccc(CN2CCCCC2=O)c1)C1CCCCN1. The molecule has 1 aromatic rings. The van der Waals surface area contributed by atoms with Crippen LogP contribution in [0.25, 0.3) is 0 Å². The molecule has 1 atom stereocenters. The lowest BCUT2D eigenvalue weighted by molar-refractivity contribution is -0.133. The van der Waals surface area contributed by atoms with Gasteiger partial charge in [-0.2, -0.15) is 0 Å². The van der Waals surface area contributed by atoms with Crippen molar-refractivity contribution < 1.29 is 9.59 Å². The number of piperidine rings is 2. The van der Waals surface area contributed by atoms with Gasteiger partial charge >= 0.3 is 0 Å². The summed E-state index contributed by atoms with van der Waals surface area (Å²) < 4.78 is 0. The van der Waals surface area contributed by atoms with E-state index in [-0.39, 0.29) is 30.3 Å². The van der Waals surface area contributed by atoms with Crippen molar-refractivity contribution in [2.75, 3.05) is 18.4 Å². The second kappa shape index (κ2) is 9.04. The third-order valence-electron chi connectivity index (χ3n) is 4.62. The Morgan fingerprint density at radius 1 is 1.25 bits per heavy atom. The number of halogens is 1. The summed E-state index contributed by atoms with van der Waals surface area (Å²) in [4.78, 5) is 26.1. The summed E-state index contributed by atoms with van der Waals surface area (Å²) in [5, 5.41) is 6.26. The summed E-state index contributed by atoms with van der Waals surface area (Å²) in [7, 11) is 0. The minimum Gasteiger partial charge on any atom is -0.338 e. The van der Waals surface area contributed by atoms with Crippen LogP contribution < -0.4 is 10.6 Å². The Hall–Kier alpha value is -1.59. The molecule has 6 heteroatoms. The minimum atomic E-state index is -0.0870. The van der Waals surface area contributed by atoms with Crippen LogP contribution in [0.3, 0.4) is 0 Å². The third-order valence-corrected chi connectivity index (χ3v) is 4.62. The van der Waals surface area contributed by atoms with Gasteiger partial charge in [0, 0.05) is 25.2 Å². The Bertz CT molecular complexity index is 573. The van der Waals surface area contributed by atoms with Crippen LogP contribution in [-0.2, 0) is 16.1 Å². The summed E-state index contributed by atoms with van der Waals surface area (Å²) in [5.41, 5.74) is 1.87. The van der Waals surface area contributed by atoms with Crippen LogP contribution in [0.15, 0.2) is 24.3 Å². The van der Waals surface area contributed by atoms with E-state index in [9.17, 15) is 9.59 Å². The molecule has 2 aliphatic rings. The molecule has 1 aromatic carbocycles. The van der Waals surface area contributed by atoms with E-state index < -0.39 is 0 Å². The zero-order valence-corrected chi connectivity index (χ0v) is 14.7. The predicted octanol–water partition coefficient (Wildman–Crippen LogP) is 2.70. The molecular formula is C18H26ClN3O2. The van der Waals surface area contributed by atoms with Crippen molar-refractivity contribution in [2.45, 2.75) is 51.1 Å². The smallest absolute Gasteiger partial charge is 0.241 e. The minimum absolute atomic E-state index is 0. The first-order valence-corrected chi connectivity index (χ1v) is 8.63. The molecule has 2 fully saturated rings. The molecule has 0 bridgehead atoms. The number of benzene rings is 1. The molecule has 0 aromatic heterocycles. The van der Waals surface area contributed by atoms with Crippen LogP contribution >= 0.6 is 12.4 Å². The van der Waals surface area contributed by atoms with Gasteiger partial charge in [-0.25, -0.2) is 0 Å². The number of carbonyl (C=O) groups is 2. The van der Waals surface area contributed by atoms with Crippen molar-refractivity contribution in [1.82, 2.24) is 10.2 Å². The van der Waals surface area contributed by atoms with Gasteiger partial charge in [-0.05, 0) is 49.9 Å². The second-order valence-corrected chi connectivity index (χ2v) is 6.46. The number of anilines is 1. The maximum Gasteiger partial charge on any atom is 0.241 e. The van der Waals surface area contributed by atoms with E-state index in [0.717, 1.165) is 56.4 Å². The molecule has 1 unspecified atom stereocenters. The van der Waals surface area contributed by atoms with Gasteiger partial charge in [0.1, 0.15) is 0 Å². The summed E-state index contributed by atoms with van der Waals surface area (Å²) in [6.07, 6.45) is 5.87. The lowest BCUT2D eigenvalue weighted by atomic mass is 10.0. The average Bonchev–Trinajstić information content (AvgIpc) is 2.58. The van der Waals surface area contributed by atoms with Crippen LogP contribution in [0.1, 0.15) is 44.1 Å². The largest absolute Gasteiger partial charge is 0.338 e. The van der Waals surface area contributed by atoms with Gasteiger partial charge in [-0.15, -0.1) is 12.4 Å². The van der Waals surface area contributed by atoms with Crippen LogP contribution in [-0.4, -0.2) is 35.8 Å². The number of nitrogens with one attached hydrogen (secondary N) is 2. The van der Waals surface area contributed by atoms with Crippen molar-refractivity contribution in [3.63, 3.8) is 0 Å². The number of hydrogen-bond donors (Lipinski definition) is 2. The number of rotatable bonds is 4. The first-order chi connectivity index (χ1) is 11.2. The highest BCUT2D eigenvalue weighted by Gasteiger charge is 2.21. The number of amides is 2. The fraction of sp³-hybridized carbons (Fsp3) is 0.556. The molecule has 2 N–H and O–H groups in total. The molecule has 132 valence electrons. The van der Waals surface area contributed by atoms with E-state index in [2.05, 4.69) is 10.6 Å². The number of carbonyl (C=O) groups excluding carboxylic acids is 2. The topological polar surface area (TPSA) is 61.4 Å². The van der Waals surface area contributed by atoms with Gasteiger partial charge in [0.15, 0.2) is 0 Å². The first kappa shape index (κ1) is 18.7. The molecule has 0 spiro atoms. The van der Waals surface area contributed by atoms with Crippen LogP contribution in [0.5, 0.6) is 0 Å². The maximum atomic E-state index is 12.3.